The summed E-state index contributed by atoms with van der Waals surface area (Å²) in [7, 11) is 0. The molecule has 4 rings (SSSR count). The van der Waals surface area contributed by atoms with Crippen LogP contribution >= 0.6 is 0 Å². The molecule has 0 saturated heterocycles. The molecule has 0 saturated carbocycles. The Labute approximate surface area is 152 Å². The van der Waals surface area contributed by atoms with Crippen LogP contribution < -0.4 is 9.64 Å². The number of hydrogen-bond acceptors (Lipinski definition) is 3. The van der Waals surface area contributed by atoms with E-state index in [2.05, 4.69) is 4.98 Å². The van der Waals surface area contributed by atoms with E-state index < -0.39 is 0 Å². The van der Waals surface area contributed by atoms with E-state index in [0.717, 1.165) is 34.9 Å². The van der Waals surface area contributed by atoms with Crippen molar-refractivity contribution in [3.63, 3.8) is 0 Å². The Kier molecular flexibility index (Phi) is 4.21. The van der Waals surface area contributed by atoms with Gasteiger partial charge in [0, 0.05) is 24.8 Å². The Morgan fingerprint density at radius 3 is 2.65 bits per heavy atom. The van der Waals surface area contributed by atoms with Crippen molar-refractivity contribution in [3.8, 4) is 5.75 Å². The predicted molar refractivity (Wildman–Crippen MR) is 101 cm³/mol. The molecule has 0 radical (unpaired) electrons. The molecule has 1 aromatic heterocycles. The minimum atomic E-state index is -0.0654. The Morgan fingerprint density at radius 1 is 1.08 bits per heavy atom. The van der Waals surface area contributed by atoms with Gasteiger partial charge in [0.2, 0.25) is 0 Å². The van der Waals surface area contributed by atoms with Gasteiger partial charge in [-0.3, -0.25) is 9.47 Å². The van der Waals surface area contributed by atoms with Gasteiger partial charge in [-0.05, 0) is 43.7 Å². The van der Waals surface area contributed by atoms with Gasteiger partial charge in [0.1, 0.15) is 18.2 Å². The summed E-state index contributed by atoms with van der Waals surface area (Å²) in [6.07, 6.45) is 2.51. The van der Waals surface area contributed by atoms with Crippen molar-refractivity contribution in [1.82, 2.24) is 9.55 Å². The zero-order valence-corrected chi connectivity index (χ0v) is 15.0. The quantitative estimate of drug-likeness (QED) is 0.713. The van der Waals surface area contributed by atoms with Crippen molar-refractivity contribution in [1.29, 1.82) is 0 Å². The van der Waals surface area contributed by atoms with Gasteiger partial charge < -0.3 is 4.74 Å². The fourth-order valence-corrected chi connectivity index (χ4v) is 3.15. The molecule has 1 aliphatic rings. The van der Waals surface area contributed by atoms with Crippen LogP contribution in [0.25, 0.3) is 0 Å². The summed E-state index contributed by atoms with van der Waals surface area (Å²) < 4.78 is 7.45. The van der Waals surface area contributed by atoms with E-state index in [1.165, 1.54) is 5.56 Å². The van der Waals surface area contributed by atoms with Gasteiger partial charge in [-0.15, -0.1) is 0 Å². The molecule has 0 fully saturated rings. The molecule has 0 spiro atoms. The number of rotatable bonds is 4. The van der Waals surface area contributed by atoms with Crippen LogP contribution in [0.4, 0.5) is 10.5 Å². The maximum absolute atomic E-state index is 12.8. The third-order valence-corrected chi connectivity index (χ3v) is 4.55. The lowest BCUT2D eigenvalue weighted by atomic mass is 10.2. The van der Waals surface area contributed by atoms with Crippen LogP contribution in [0, 0.1) is 13.8 Å². The highest BCUT2D eigenvalue weighted by molar-refractivity contribution is 5.94. The molecule has 132 valence electrons. The zero-order chi connectivity index (χ0) is 18.1. The molecule has 0 bridgehead atoms. The van der Waals surface area contributed by atoms with Crippen molar-refractivity contribution in [2.24, 2.45) is 0 Å². The van der Waals surface area contributed by atoms with E-state index in [4.69, 9.17) is 4.74 Å². The zero-order valence-electron chi connectivity index (χ0n) is 15.0. The van der Waals surface area contributed by atoms with E-state index in [9.17, 15) is 4.79 Å². The topological polar surface area (TPSA) is 47.4 Å². The number of amides is 1. The lowest BCUT2D eigenvalue weighted by molar-refractivity contribution is 0.245. The summed E-state index contributed by atoms with van der Waals surface area (Å²) in [5.74, 6) is 1.60. The fourth-order valence-electron chi connectivity index (χ4n) is 3.15. The number of aromatic nitrogens is 2. The highest BCUT2D eigenvalue weighted by atomic mass is 16.5. The van der Waals surface area contributed by atoms with Gasteiger partial charge in [-0.2, -0.15) is 0 Å². The lowest BCUT2D eigenvalue weighted by Gasteiger charge is -2.27. The Balaban J connectivity index is 1.51. The number of fused-ring (bicyclic) bond motifs is 1. The summed E-state index contributed by atoms with van der Waals surface area (Å²) in [5.41, 5.74) is 4.01. The number of aryl methyl sites for hydroxylation is 2. The maximum atomic E-state index is 12.8. The molecule has 0 atom stereocenters. The Hall–Kier alpha value is -3.08. The molecular formula is C21H21N3O2. The number of imidazole rings is 1. The number of nitrogens with zero attached hydrogens (tertiary/aromatic N) is 3. The first-order valence-corrected chi connectivity index (χ1v) is 8.75. The number of hydrogen-bond donors (Lipinski definition) is 0. The number of carbonyl (C=O) groups is 1. The molecule has 5 nitrogen and oxygen atoms in total. The van der Waals surface area contributed by atoms with Crippen LogP contribution in [0.15, 0.2) is 54.7 Å². The molecule has 2 heterocycles. The fraction of sp³-hybridized carbons (Fsp3) is 0.238. The van der Waals surface area contributed by atoms with Gasteiger partial charge in [-0.1, -0.05) is 29.8 Å². The summed E-state index contributed by atoms with van der Waals surface area (Å²) in [6.45, 7) is 5.05. The second-order valence-corrected chi connectivity index (χ2v) is 6.64. The van der Waals surface area contributed by atoms with E-state index in [0.29, 0.717) is 13.2 Å². The van der Waals surface area contributed by atoms with Crippen LogP contribution in [0.3, 0.4) is 0 Å². The molecule has 1 amide bonds. The second-order valence-electron chi connectivity index (χ2n) is 6.64. The molecule has 0 N–H and O–H groups in total. The molecular weight excluding hydrogens is 326 g/mol. The summed E-state index contributed by atoms with van der Waals surface area (Å²) in [5, 5.41) is 0. The molecule has 0 aliphatic carbocycles. The number of ether oxygens (including phenoxy) is 1. The van der Waals surface area contributed by atoms with Gasteiger partial charge in [0.05, 0.1) is 5.69 Å². The van der Waals surface area contributed by atoms with Gasteiger partial charge in [0.25, 0.3) is 0 Å². The van der Waals surface area contributed by atoms with Crippen LogP contribution in [0.5, 0.6) is 5.75 Å². The summed E-state index contributed by atoms with van der Waals surface area (Å²) >= 11 is 0. The highest BCUT2D eigenvalue weighted by Gasteiger charge is 2.26. The number of anilines is 1. The standard InChI is InChI=1S/C21H21N3O2/c1-15-6-8-18(9-7-15)23-11-10-20-22-17(13-24(20)21(23)25)14-26-19-5-3-4-16(2)12-19/h3-9,12-13H,10-11,14H2,1-2H3. The van der Waals surface area contributed by atoms with E-state index >= 15 is 0 Å². The first-order valence-electron chi connectivity index (χ1n) is 8.75. The molecule has 26 heavy (non-hydrogen) atoms. The van der Waals surface area contributed by atoms with Crippen molar-refractivity contribution in [2.45, 2.75) is 26.9 Å². The van der Waals surface area contributed by atoms with E-state index in [1.54, 1.807) is 15.7 Å². The molecule has 5 heteroatoms. The first kappa shape index (κ1) is 16.4. The third-order valence-electron chi connectivity index (χ3n) is 4.55. The minimum Gasteiger partial charge on any atom is -0.487 e. The minimum absolute atomic E-state index is 0.0654. The van der Waals surface area contributed by atoms with E-state index in [1.807, 2.05) is 62.4 Å². The second kappa shape index (κ2) is 6.67. The van der Waals surface area contributed by atoms with Crippen molar-refractivity contribution >= 4 is 11.7 Å². The Morgan fingerprint density at radius 2 is 1.88 bits per heavy atom. The smallest absolute Gasteiger partial charge is 0.334 e. The lowest BCUT2D eigenvalue weighted by Crippen LogP contribution is -2.41. The average Bonchev–Trinajstić information content (AvgIpc) is 3.06. The third kappa shape index (κ3) is 3.20. The number of benzene rings is 2. The average molecular weight is 347 g/mol. The molecule has 2 aromatic carbocycles. The summed E-state index contributed by atoms with van der Waals surface area (Å²) in [4.78, 5) is 19.2. The van der Waals surface area contributed by atoms with Gasteiger partial charge in [-0.25, -0.2) is 9.78 Å². The Bertz CT molecular complexity index is 944. The van der Waals surface area contributed by atoms with Crippen LogP contribution in [0.1, 0.15) is 22.6 Å². The van der Waals surface area contributed by atoms with Crippen LogP contribution in [0.2, 0.25) is 0 Å². The van der Waals surface area contributed by atoms with Crippen molar-refractivity contribution in [3.05, 3.63) is 77.4 Å². The molecule has 1 aliphatic heterocycles. The largest absolute Gasteiger partial charge is 0.487 e. The van der Waals surface area contributed by atoms with E-state index in [-0.39, 0.29) is 6.03 Å². The first-order chi connectivity index (χ1) is 12.6. The normalized spacial score (nSPS) is 13.6. The van der Waals surface area contributed by atoms with Crippen LogP contribution in [-0.4, -0.2) is 22.1 Å². The van der Waals surface area contributed by atoms with Crippen LogP contribution in [-0.2, 0) is 13.0 Å². The van der Waals surface area contributed by atoms with Crippen molar-refractivity contribution in [2.75, 3.05) is 11.4 Å². The van der Waals surface area contributed by atoms with Gasteiger partial charge >= 0.3 is 6.03 Å². The predicted octanol–water partition coefficient (Wildman–Crippen LogP) is 4.11. The number of carbonyl (C=O) groups excluding carboxylic acids is 1. The summed E-state index contributed by atoms with van der Waals surface area (Å²) in [6, 6.07) is 15.8. The monoisotopic (exact) mass is 347 g/mol. The molecule has 0 unspecified atom stereocenters. The highest BCUT2D eigenvalue weighted by Crippen LogP contribution is 2.22. The SMILES string of the molecule is Cc1ccc(N2CCc3nc(COc4cccc(C)c4)cn3C2=O)cc1. The maximum Gasteiger partial charge on any atom is 0.334 e. The molecule has 3 aromatic rings. The van der Waals surface area contributed by atoms with Gasteiger partial charge in [0.15, 0.2) is 0 Å². The van der Waals surface area contributed by atoms with Crippen molar-refractivity contribution < 1.29 is 9.53 Å².